The Morgan fingerprint density at radius 3 is 2.00 bits per heavy atom. The van der Waals surface area contributed by atoms with Crippen molar-refractivity contribution in [2.45, 2.75) is 64.3 Å². The van der Waals surface area contributed by atoms with E-state index < -0.39 is 17.5 Å². The maximum Gasteiger partial charge on any atom is 0.194 e. The van der Waals surface area contributed by atoms with Gasteiger partial charge in [-0.15, -0.1) is 0 Å². The van der Waals surface area contributed by atoms with Gasteiger partial charge in [0.15, 0.2) is 17.5 Å². The Kier molecular flexibility index (Phi) is 8.38. The van der Waals surface area contributed by atoms with E-state index >= 15 is 0 Å². The standard InChI is InChI=1S/C16H25F3N2/c1-2-3-4-5-6-7-8-9-15(21-20)12-10-13(17)16(19)14(18)11-12/h10-11,15,21H,2-9,20H2,1H3. The van der Waals surface area contributed by atoms with Crippen LogP contribution >= 0.6 is 0 Å². The Balaban J connectivity index is 2.41. The highest BCUT2D eigenvalue weighted by Gasteiger charge is 2.16. The third kappa shape index (κ3) is 6.06. The molecule has 0 fully saturated rings. The van der Waals surface area contributed by atoms with E-state index in [9.17, 15) is 13.2 Å². The molecule has 1 atom stereocenters. The molecule has 0 saturated heterocycles. The lowest BCUT2D eigenvalue weighted by molar-refractivity contribution is 0.432. The largest absolute Gasteiger partial charge is 0.271 e. The van der Waals surface area contributed by atoms with E-state index in [1.165, 1.54) is 25.7 Å². The normalized spacial score (nSPS) is 12.6. The van der Waals surface area contributed by atoms with Crippen molar-refractivity contribution in [1.82, 2.24) is 5.43 Å². The lowest BCUT2D eigenvalue weighted by atomic mass is 9.99. The summed E-state index contributed by atoms with van der Waals surface area (Å²) in [5.41, 5.74) is 2.89. The van der Waals surface area contributed by atoms with Crippen LogP contribution in [0.15, 0.2) is 12.1 Å². The van der Waals surface area contributed by atoms with E-state index in [0.717, 1.165) is 31.4 Å². The van der Waals surface area contributed by atoms with Crippen molar-refractivity contribution in [3.8, 4) is 0 Å². The number of halogens is 3. The molecule has 0 aliphatic rings. The zero-order valence-electron chi connectivity index (χ0n) is 12.6. The molecule has 0 aliphatic heterocycles. The van der Waals surface area contributed by atoms with Gasteiger partial charge in [-0.2, -0.15) is 0 Å². The van der Waals surface area contributed by atoms with Crippen molar-refractivity contribution >= 4 is 0 Å². The van der Waals surface area contributed by atoms with E-state index in [0.29, 0.717) is 12.0 Å². The van der Waals surface area contributed by atoms with Crippen LogP contribution in [-0.2, 0) is 0 Å². The molecular weight excluding hydrogens is 277 g/mol. The van der Waals surface area contributed by atoms with Crippen molar-refractivity contribution in [3.63, 3.8) is 0 Å². The van der Waals surface area contributed by atoms with Crippen LogP contribution < -0.4 is 11.3 Å². The minimum absolute atomic E-state index is 0.347. The summed E-state index contributed by atoms with van der Waals surface area (Å²) in [5, 5.41) is 0. The van der Waals surface area contributed by atoms with Crippen molar-refractivity contribution in [2.24, 2.45) is 5.84 Å². The van der Waals surface area contributed by atoms with Gasteiger partial charge in [0.05, 0.1) is 0 Å². The summed E-state index contributed by atoms with van der Waals surface area (Å²) < 4.78 is 39.4. The zero-order chi connectivity index (χ0) is 15.7. The number of nitrogens with two attached hydrogens (primary N) is 1. The van der Waals surface area contributed by atoms with Gasteiger partial charge in [-0.3, -0.25) is 11.3 Å². The zero-order valence-corrected chi connectivity index (χ0v) is 12.6. The smallest absolute Gasteiger partial charge is 0.194 e. The van der Waals surface area contributed by atoms with Gasteiger partial charge < -0.3 is 0 Å². The number of hydrazine groups is 1. The molecule has 0 spiro atoms. The summed E-state index contributed by atoms with van der Waals surface area (Å²) in [6.45, 7) is 2.18. The van der Waals surface area contributed by atoms with Gasteiger partial charge in [0.25, 0.3) is 0 Å². The van der Waals surface area contributed by atoms with Crippen LogP contribution in [0.25, 0.3) is 0 Å². The minimum atomic E-state index is -1.44. The lowest BCUT2D eigenvalue weighted by Crippen LogP contribution is -2.28. The second-order valence-electron chi connectivity index (χ2n) is 5.43. The van der Waals surface area contributed by atoms with Crippen molar-refractivity contribution in [2.75, 3.05) is 0 Å². The monoisotopic (exact) mass is 302 g/mol. The molecule has 3 N–H and O–H groups in total. The van der Waals surface area contributed by atoms with Crippen LogP contribution in [0.2, 0.25) is 0 Å². The SMILES string of the molecule is CCCCCCCCCC(NN)c1cc(F)c(F)c(F)c1. The Morgan fingerprint density at radius 2 is 1.48 bits per heavy atom. The summed E-state index contributed by atoms with van der Waals surface area (Å²) in [7, 11) is 0. The van der Waals surface area contributed by atoms with E-state index in [2.05, 4.69) is 12.3 Å². The first-order valence-corrected chi connectivity index (χ1v) is 7.70. The van der Waals surface area contributed by atoms with Crippen molar-refractivity contribution in [1.29, 1.82) is 0 Å². The first kappa shape index (κ1) is 18.0. The average molecular weight is 302 g/mol. The molecule has 1 unspecified atom stereocenters. The van der Waals surface area contributed by atoms with Gasteiger partial charge >= 0.3 is 0 Å². The molecule has 1 aromatic rings. The van der Waals surface area contributed by atoms with Crippen LogP contribution in [-0.4, -0.2) is 0 Å². The van der Waals surface area contributed by atoms with E-state index in [4.69, 9.17) is 5.84 Å². The fourth-order valence-electron chi connectivity index (χ4n) is 2.43. The highest BCUT2D eigenvalue weighted by atomic mass is 19.2. The Hall–Kier alpha value is -1.07. The van der Waals surface area contributed by atoms with Crippen LogP contribution in [0.5, 0.6) is 0 Å². The summed E-state index contributed by atoms with van der Waals surface area (Å²) in [5.74, 6) is 1.64. The second kappa shape index (κ2) is 9.79. The number of nitrogens with one attached hydrogen (secondary N) is 1. The number of hydrogen-bond donors (Lipinski definition) is 2. The average Bonchev–Trinajstić information content (AvgIpc) is 2.47. The molecule has 0 amide bonds. The molecular formula is C16H25F3N2. The number of hydrogen-bond acceptors (Lipinski definition) is 2. The molecule has 1 rings (SSSR count). The minimum Gasteiger partial charge on any atom is -0.271 e. The second-order valence-corrected chi connectivity index (χ2v) is 5.43. The Labute approximate surface area is 124 Å². The molecule has 0 aliphatic carbocycles. The molecule has 5 heteroatoms. The van der Waals surface area contributed by atoms with Crippen LogP contribution in [0.3, 0.4) is 0 Å². The topological polar surface area (TPSA) is 38.0 Å². The van der Waals surface area contributed by atoms with E-state index in [1.807, 2.05) is 0 Å². The molecule has 0 bridgehead atoms. The maximum atomic E-state index is 13.2. The van der Waals surface area contributed by atoms with Crippen molar-refractivity contribution in [3.05, 3.63) is 35.1 Å². The van der Waals surface area contributed by atoms with Gasteiger partial charge in [0.1, 0.15) is 0 Å². The molecule has 21 heavy (non-hydrogen) atoms. The molecule has 0 aromatic heterocycles. The molecule has 0 radical (unpaired) electrons. The quantitative estimate of drug-likeness (QED) is 0.283. The predicted molar refractivity (Wildman–Crippen MR) is 79.0 cm³/mol. The van der Waals surface area contributed by atoms with Crippen LogP contribution in [0.4, 0.5) is 13.2 Å². The highest BCUT2D eigenvalue weighted by molar-refractivity contribution is 5.22. The van der Waals surface area contributed by atoms with E-state index in [-0.39, 0.29) is 6.04 Å². The summed E-state index contributed by atoms with van der Waals surface area (Å²) in [6, 6.07) is 1.65. The first-order chi connectivity index (χ1) is 10.1. The lowest BCUT2D eigenvalue weighted by Gasteiger charge is -2.16. The summed E-state index contributed by atoms with van der Waals surface area (Å²) in [4.78, 5) is 0. The number of unbranched alkanes of at least 4 members (excludes halogenated alkanes) is 6. The first-order valence-electron chi connectivity index (χ1n) is 7.70. The van der Waals surface area contributed by atoms with Gasteiger partial charge in [0.2, 0.25) is 0 Å². The van der Waals surface area contributed by atoms with Gasteiger partial charge in [-0.1, -0.05) is 51.9 Å². The number of rotatable bonds is 10. The maximum absolute atomic E-state index is 13.2. The third-order valence-corrected chi connectivity index (χ3v) is 3.71. The fraction of sp³-hybridized carbons (Fsp3) is 0.625. The molecule has 120 valence electrons. The Morgan fingerprint density at radius 1 is 0.952 bits per heavy atom. The van der Waals surface area contributed by atoms with Crippen LogP contribution in [0, 0.1) is 17.5 Å². The number of benzene rings is 1. The van der Waals surface area contributed by atoms with Crippen LogP contribution in [0.1, 0.15) is 69.9 Å². The third-order valence-electron chi connectivity index (χ3n) is 3.71. The summed E-state index contributed by atoms with van der Waals surface area (Å²) >= 11 is 0. The predicted octanol–water partition coefficient (Wildman–Crippen LogP) is 4.75. The van der Waals surface area contributed by atoms with E-state index in [1.54, 1.807) is 0 Å². The molecule has 2 nitrogen and oxygen atoms in total. The summed E-state index contributed by atoms with van der Waals surface area (Å²) in [6.07, 6.45) is 8.77. The highest BCUT2D eigenvalue weighted by Crippen LogP contribution is 2.23. The van der Waals surface area contributed by atoms with Gasteiger partial charge in [0, 0.05) is 6.04 Å². The van der Waals surface area contributed by atoms with Gasteiger partial charge in [-0.25, -0.2) is 13.2 Å². The van der Waals surface area contributed by atoms with Crippen molar-refractivity contribution < 1.29 is 13.2 Å². The molecule has 0 saturated carbocycles. The molecule has 0 heterocycles. The Bertz CT molecular complexity index is 401. The van der Waals surface area contributed by atoms with Gasteiger partial charge in [-0.05, 0) is 24.1 Å². The molecule has 1 aromatic carbocycles. The fourth-order valence-corrected chi connectivity index (χ4v) is 2.43.